The molecule has 0 saturated carbocycles. The van der Waals surface area contributed by atoms with E-state index in [-0.39, 0.29) is 11.2 Å². The maximum atomic E-state index is 10.4. The minimum Gasteiger partial charge on any atom is -0.369 e. The minimum absolute atomic E-state index is 0.00312. The van der Waals surface area contributed by atoms with E-state index in [9.17, 15) is 10.1 Å². The van der Waals surface area contributed by atoms with Gasteiger partial charge in [-0.05, 0) is 26.8 Å². The van der Waals surface area contributed by atoms with Crippen LogP contribution < -0.4 is 10.6 Å². The molecule has 6 heteroatoms. The molecule has 94 valence electrons. The summed E-state index contributed by atoms with van der Waals surface area (Å²) >= 11 is 0. The Morgan fingerprint density at radius 3 is 2.53 bits per heavy atom. The van der Waals surface area contributed by atoms with Crippen LogP contribution in [0.3, 0.4) is 0 Å². The molecule has 0 aliphatic heterocycles. The van der Waals surface area contributed by atoms with E-state index < -0.39 is 4.92 Å². The number of hydrogen-bond donors (Lipinski definition) is 2. The first-order chi connectivity index (χ1) is 7.88. The summed E-state index contributed by atoms with van der Waals surface area (Å²) < 4.78 is 0. The van der Waals surface area contributed by atoms with Gasteiger partial charge in [-0.1, -0.05) is 0 Å². The van der Waals surface area contributed by atoms with E-state index >= 15 is 0 Å². The van der Waals surface area contributed by atoms with E-state index in [4.69, 9.17) is 0 Å². The fourth-order valence-electron chi connectivity index (χ4n) is 1.23. The lowest BCUT2D eigenvalue weighted by Gasteiger charge is -2.20. The molecular weight excluding hydrogens is 220 g/mol. The number of aromatic nitrogens is 1. The first kappa shape index (κ1) is 13.4. The summed E-state index contributed by atoms with van der Waals surface area (Å²) in [5.74, 6) is 0.645. The van der Waals surface area contributed by atoms with Crippen molar-refractivity contribution in [1.29, 1.82) is 0 Å². The first-order valence-corrected chi connectivity index (χ1v) is 5.48. The van der Waals surface area contributed by atoms with Crippen LogP contribution in [0.5, 0.6) is 0 Å². The van der Waals surface area contributed by atoms with Crippen LogP contribution in [0.2, 0.25) is 0 Å². The summed E-state index contributed by atoms with van der Waals surface area (Å²) in [6, 6.07) is 3.04. The van der Waals surface area contributed by atoms with Crippen LogP contribution in [-0.2, 0) is 0 Å². The third-order valence-electron chi connectivity index (χ3n) is 2.05. The quantitative estimate of drug-likeness (QED) is 0.464. The second kappa shape index (κ2) is 5.58. The number of pyridine rings is 1. The molecule has 6 nitrogen and oxygen atoms in total. The van der Waals surface area contributed by atoms with Crippen LogP contribution in [0.4, 0.5) is 11.5 Å². The molecule has 0 amide bonds. The summed E-state index contributed by atoms with van der Waals surface area (Å²) in [6.07, 6.45) is 1.25. The molecule has 1 heterocycles. The van der Waals surface area contributed by atoms with Gasteiger partial charge in [-0.2, -0.15) is 0 Å². The van der Waals surface area contributed by atoms with Gasteiger partial charge in [-0.15, -0.1) is 0 Å². The predicted octanol–water partition coefficient (Wildman–Crippen LogP) is 1.79. The molecule has 1 aromatic heterocycles. The zero-order valence-electron chi connectivity index (χ0n) is 10.4. The molecule has 0 aliphatic rings. The highest BCUT2D eigenvalue weighted by atomic mass is 16.6. The Morgan fingerprint density at radius 2 is 2.06 bits per heavy atom. The van der Waals surface area contributed by atoms with Gasteiger partial charge in [0.2, 0.25) is 0 Å². The lowest BCUT2D eigenvalue weighted by molar-refractivity contribution is -0.385. The van der Waals surface area contributed by atoms with Crippen molar-refractivity contribution in [2.75, 3.05) is 18.4 Å². The molecule has 0 radical (unpaired) electrons. The molecule has 0 atom stereocenters. The van der Waals surface area contributed by atoms with Gasteiger partial charge in [0.1, 0.15) is 12.0 Å². The van der Waals surface area contributed by atoms with Crippen molar-refractivity contribution < 1.29 is 4.92 Å². The normalized spacial score (nSPS) is 11.2. The third-order valence-corrected chi connectivity index (χ3v) is 2.05. The van der Waals surface area contributed by atoms with E-state index in [2.05, 4.69) is 36.4 Å². The number of rotatable bonds is 5. The SMILES string of the molecule is CC(C)(C)NCCNc1ccc([N+](=O)[O-])cn1. The molecule has 0 saturated heterocycles. The van der Waals surface area contributed by atoms with Crippen molar-refractivity contribution >= 4 is 11.5 Å². The molecule has 1 rings (SSSR count). The van der Waals surface area contributed by atoms with Gasteiger partial charge in [-0.25, -0.2) is 4.98 Å². The van der Waals surface area contributed by atoms with Crippen LogP contribution in [0, 0.1) is 10.1 Å². The molecule has 0 aliphatic carbocycles. The predicted molar refractivity (Wildman–Crippen MR) is 67.1 cm³/mol. The molecule has 17 heavy (non-hydrogen) atoms. The average molecular weight is 238 g/mol. The summed E-state index contributed by atoms with van der Waals surface area (Å²) in [5, 5.41) is 16.8. The van der Waals surface area contributed by atoms with E-state index in [0.29, 0.717) is 5.82 Å². The van der Waals surface area contributed by atoms with E-state index in [1.54, 1.807) is 6.07 Å². The van der Waals surface area contributed by atoms with Crippen LogP contribution >= 0.6 is 0 Å². The van der Waals surface area contributed by atoms with Crippen LogP contribution in [0.1, 0.15) is 20.8 Å². The summed E-state index contributed by atoms with van der Waals surface area (Å²) in [7, 11) is 0. The number of anilines is 1. The molecule has 0 fully saturated rings. The molecule has 0 spiro atoms. The molecule has 2 N–H and O–H groups in total. The Hall–Kier alpha value is -1.69. The average Bonchev–Trinajstić information content (AvgIpc) is 2.24. The van der Waals surface area contributed by atoms with Gasteiger partial charge in [0, 0.05) is 24.7 Å². The number of hydrogen-bond acceptors (Lipinski definition) is 5. The first-order valence-electron chi connectivity index (χ1n) is 5.48. The second-order valence-electron chi connectivity index (χ2n) is 4.76. The summed E-state index contributed by atoms with van der Waals surface area (Å²) in [5.41, 5.74) is 0.0910. The molecule has 0 aromatic carbocycles. The lowest BCUT2D eigenvalue weighted by Crippen LogP contribution is -2.38. The van der Waals surface area contributed by atoms with E-state index in [1.807, 2.05) is 0 Å². The van der Waals surface area contributed by atoms with Crippen molar-refractivity contribution in [3.8, 4) is 0 Å². The van der Waals surface area contributed by atoms with E-state index in [1.165, 1.54) is 12.3 Å². The van der Waals surface area contributed by atoms with Crippen LogP contribution in [-0.4, -0.2) is 28.5 Å². The Balaban J connectivity index is 2.35. The summed E-state index contributed by atoms with van der Waals surface area (Å²) in [4.78, 5) is 13.9. The van der Waals surface area contributed by atoms with Gasteiger partial charge in [0.05, 0.1) is 4.92 Å². The second-order valence-corrected chi connectivity index (χ2v) is 4.76. The van der Waals surface area contributed by atoms with Crippen molar-refractivity contribution in [2.24, 2.45) is 0 Å². The topological polar surface area (TPSA) is 80.1 Å². The maximum Gasteiger partial charge on any atom is 0.287 e. The third kappa shape index (κ3) is 5.26. The Bertz CT molecular complexity index is 370. The maximum absolute atomic E-state index is 10.4. The molecule has 0 unspecified atom stereocenters. The number of nitrogens with one attached hydrogen (secondary N) is 2. The van der Waals surface area contributed by atoms with E-state index in [0.717, 1.165) is 13.1 Å². The minimum atomic E-state index is -0.460. The largest absolute Gasteiger partial charge is 0.369 e. The van der Waals surface area contributed by atoms with Crippen LogP contribution in [0.25, 0.3) is 0 Å². The molecule has 0 bridgehead atoms. The summed E-state index contributed by atoms with van der Waals surface area (Å²) in [6.45, 7) is 7.82. The van der Waals surface area contributed by atoms with Gasteiger partial charge >= 0.3 is 0 Å². The lowest BCUT2D eigenvalue weighted by atomic mass is 10.1. The van der Waals surface area contributed by atoms with Crippen molar-refractivity contribution in [1.82, 2.24) is 10.3 Å². The fraction of sp³-hybridized carbons (Fsp3) is 0.545. The molecular formula is C11H18N4O2. The van der Waals surface area contributed by atoms with Gasteiger partial charge in [0.25, 0.3) is 5.69 Å². The fourth-order valence-corrected chi connectivity index (χ4v) is 1.23. The van der Waals surface area contributed by atoms with Crippen LogP contribution in [0.15, 0.2) is 18.3 Å². The van der Waals surface area contributed by atoms with Gasteiger partial charge < -0.3 is 10.6 Å². The zero-order valence-corrected chi connectivity index (χ0v) is 10.4. The van der Waals surface area contributed by atoms with Gasteiger partial charge in [0.15, 0.2) is 0 Å². The smallest absolute Gasteiger partial charge is 0.287 e. The number of nitrogens with zero attached hydrogens (tertiary/aromatic N) is 2. The Kier molecular flexibility index (Phi) is 4.39. The van der Waals surface area contributed by atoms with Crippen molar-refractivity contribution in [2.45, 2.75) is 26.3 Å². The Morgan fingerprint density at radius 1 is 1.35 bits per heavy atom. The number of nitro groups is 1. The monoisotopic (exact) mass is 238 g/mol. The highest BCUT2D eigenvalue weighted by molar-refractivity contribution is 5.39. The molecule has 1 aromatic rings. The standard InChI is InChI=1S/C11H18N4O2/c1-11(2,3)14-7-6-12-10-5-4-9(8-13-10)15(16)17/h4-5,8,14H,6-7H2,1-3H3,(H,12,13). The van der Waals surface area contributed by atoms with Gasteiger partial charge in [-0.3, -0.25) is 10.1 Å². The highest BCUT2D eigenvalue weighted by Gasteiger charge is 2.07. The van der Waals surface area contributed by atoms with Crippen molar-refractivity contribution in [3.63, 3.8) is 0 Å². The van der Waals surface area contributed by atoms with Crippen molar-refractivity contribution in [3.05, 3.63) is 28.4 Å². The zero-order chi connectivity index (χ0) is 12.9. The highest BCUT2D eigenvalue weighted by Crippen LogP contribution is 2.11. The Labute approximate surface area is 101 Å².